The molecule has 0 aromatic rings. The molecule has 2 aliphatic carbocycles. The van der Waals surface area contributed by atoms with Crippen molar-refractivity contribution in [1.29, 1.82) is 0 Å². The Morgan fingerprint density at radius 1 is 0.926 bits per heavy atom. The summed E-state index contributed by atoms with van der Waals surface area (Å²) in [6.07, 6.45) is 13.5. The summed E-state index contributed by atoms with van der Waals surface area (Å²) in [5, 5.41) is 7.34. The molecule has 2 rings (SSSR count). The van der Waals surface area contributed by atoms with Crippen LogP contribution in [0.5, 0.6) is 0 Å². The SMILES string of the molecule is COC(=O)CN(C(=O)CNC(=O)N[C]1[CH][CH][CH][CH]1)C(=O)N[C]1[CH][CH][CH][CH]1.[Fe+2]. The van der Waals surface area contributed by atoms with Crippen molar-refractivity contribution < 1.29 is 41.0 Å². The molecule has 9 nitrogen and oxygen atoms in total. The number of hydrogen-bond donors (Lipinski definition) is 3. The number of methoxy groups -OCH3 is 1. The number of nitrogens with zero attached hydrogens (tertiary/aromatic N) is 1. The molecule has 0 aromatic carbocycles. The topological polar surface area (TPSA) is 117 Å². The standard InChI is InChI=1S/C17H18N4O5.Fe/c1-26-15(23)11-21(17(25)20-13-8-4-5-9-13)14(22)10-18-16(24)19-12-6-2-3-7-12;/h2-9H,10-11H2,1H3,(H,20,25)(H2,18,19,24);/q;+2. The van der Waals surface area contributed by atoms with Crippen LogP contribution >= 0.6 is 0 Å². The predicted molar refractivity (Wildman–Crippen MR) is 89.7 cm³/mol. The van der Waals surface area contributed by atoms with Crippen molar-refractivity contribution in [2.45, 2.75) is 0 Å². The molecule has 2 saturated carbocycles. The molecule has 0 unspecified atom stereocenters. The molecular formula is C17H18FeN4O5+2. The third-order valence-electron chi connectivity index (χ3n) is 3.30. The first-order valence-electron chi connectivity index (χ1n) is 7.66. The predicted octanol–water partition coefficient (Wildman–Crippen LogP) is -0.280. The van der Waals surface area contributed by atoms with Crippen LogP contribution in [0.2, 0.25) is 0 Å². The Balaban J connectivity index is 0.00000364. The van der Waals surface area contributed by atoms with Crippen molar-refractivity contribution in [3.8, 4) is 0 Å². The molecule has 5 amide bonds. The van der Waals surface area contributed by atoms with Gasteiger partial charge in [-0.3, -0.25) is 14.5 Å². The Kier molecular flexibility index (Phi) is 10.2. The molecule has 3 N–H and O–H groups in total. The minimum atomic E-state index is -0.801. The van der Waals surface area contributed by atoms with Crippen molar-refractivity contribution >= 4 is 23.9 Å². The zero-order chi connectivity index (χ0) is 18.9. The first-order valence-corrected chi connectivity index (χ1v) is 7.66. The third kappa shape index (κ3) is 7.76. The molecular weight excluding hydrogens is 396 g/mol. The third-order valence-corrected chi connectivity index (χ3v) is 3.30. The van der Waals surface area contributed by atoms with Gasteiger partial charge in [0.05, 0.1) is 25.7 Å². The minimum Gasteiger partial charge on any atom is -0.468 e. The van der Waals surface area contributed by atoms with E-state index in [-0.39, 0.29) is 17.1 Å². The molecule has 0 saturated heterocycles. The number of rotatable bonds is 6. The second-order valence-electron chi connectivity index (χ2n) is 5.14. The van der Waals surface area contributed by atoms with Crippen LogP contribution in [0.4, 0.5) is 9.59 Å². The van der Waals surface area contributed by atoms with Crippen molar-refractivity contribution in [1.82, 2.24) is 20.9 Å². The molecule has 0 spiro atoms. The van der Waals surface area contributed by atoms with Gasteiger partial charge in [0.25, 0.3) is 5.91 Å². The fourth-order valence-electron chi connectivity index (χ4n) is 2.00. The minimum absolute atomic E-state index is 0. The first-order chi connectivity index (χ1) is 12.5. The Hall–Kier alpha value is -1.80. The largest absolute Gasteiger partial charge is 2.00 e. The average molecular weight is 414 g/mol. The van der Waals surface area contributed by atoms with Crippen LogP contribution in [0.1, 0.15) is 0 Å². The molecule has 2 aliphatic rings. The maximum Gasteiger partial charge on any atom is 2.00 e. The van der Waals surface area contributed by atoms with E-state index in [0.717, 1.165) is 7.11 Å². The van der Waals surface area contributed by atoms with Gasteiger partial charge in [-0.2, -0.15) is 0 Å². The van der Waals surface area contributed by atoms with Gasteiger partial charge in [-0.15, -0.1) is 0 Å². The number of amides is 5. The van der Waals surface area contributed by atoms with Crippen LogP contribution < -0.4 is 16.0 Å². The number of urea groups is 2. The molecule has 10 heteroatoms. The summed E-state index contributed by atoms with van der Waals surface area (Å²) in [6.45, 7) is -1.05. The normalized spacial score (nSPS) is 16.9. The van der Waals surface area contributed by atoms with Gasteiger partial charge in [0.2, 0.25) is 0 Å². The Morgan fingerprint density at radius 3 is 1.96 bits per heavy atom. The van der Waals surface area contributed by atoms with Gasteiger partial charge < -0.3 is 20.7 Å². The van der Waals surface area contributed by atoms with E-state index in [9.17, 15) is 19.2 Å². The van der Waals surface area contributed by atoms with E-state index in [1.54, 1.807) is 51.4 Å². The summed E-state index contributed by atoms with van der Waals surface area (Å²) in [5.41, 5.74) is 0. The zero-order valence-corrected chi connectivity index (χ0v) is 15.5. The van der Waals surface area contributed by atoms with E-state index in [4.69, 9.17) is 0 Å². The maximum absolute atomic E-state index is 12.3. The number of carbonyl (C=O) groups excluding carboxylic acids is 4. The summed E-state index contributed by atoms with van der Waals surface area (Å²) >= 11 is 0. The van der Waals surface area contributed by atoms with Gasteiger partial charge in [-0.05, 0) is 51.4 Å². The number of carbonyl (C=O) groups is 4. The number of esters is 1. The molecule has 0 aliphatic heterocycles. The molecule has 10 radical (unpaired) electrons. The summed E-state index contributed by atoms with van der Waals surface area (Å²) in [5.74, 6) is -1.53. The fraction of sp³-hybridized carbons (Fsp3) is 0.176. The van der Waals surface area contributed by atoms with Crippen LogP contribution in [-0.4, -0.2) is 49.0 Å². The summed E-state index contributed by atoms with van der Waals surface area (Å²) in [4.78, 5) is 48.5. The Bertz CT molecular complexity index is 533. The van der Waals surface area contributed by atoms with Gasteiger partial charge in [0.15, 0.2) is 0 Å². The van der Waals surface area contributed by atoms with E-state index in [1.807, 2.05) is 0 Å². The van der Waals surface area contributed by atoms with E-state index in [2.05, 4.69) is 20.7 Å². The number of ether oxygens (including phenoxy) is 1. The Morgan fingerprint density at radius 2 is 1.44 bits per heavy atom. The smallest absolute Gasteiger partial charge is 0.468 e. The molecule has 0 heterocycles. The molecule has 0 atom stereocenters. The number of imide groups is 1. The van der Waals surface area contributed by atoms with Crippen molar-refractivity contribution in [2.75, 3.05) is 20.2 Å². The van der Waals surface area contributed by atoms with E-state index < -0.39 is 37.0 Å². The number of nitrogens with one attached hydrogen (secondary N) is 3. The quantitative estimate of drug-likeness (QED) is 0.409. The molecule has 0 aromatic heterocycles. The van der Waals surface area contributed by atoms with E-state index >= 15 is 0 Å². The van der Waals surface area contributed by atoms with Crippen LogP contribution in [0.25, 0.3) is 0 Å². The Labute approximate surface area is 169 Å². The van der Waals surface area contributed by atoms with Crippen molar-refractivity contribution in [3.63, 3.8) is 0 Å². The zero-order valence-electron chi connectivity index (χ0n) is 14.4. The van der Waals surface area contributed by atoms with Crippen LogP contribution in [0.15, 0.2) is 0 Å². The van der Waals surface area contributed by atoms with E-state index in [1.165, 1.54) is 0 Å². The molecule has 142 valence electrons. The summed E-state index contributed by atoms with van der Waals surface area (Å²) < 4.78 is 4.50. The summed E-state index contributed by atoms with van der Waals surface area (Å²) in [7, 11) is 1.14. The summed E-state index contributed by atoms with van der Waals surface area (Å²) in [6, 6.07) is -0.376. The van der Waals surface area contributed by atoms with E-state index in [0.29, 0.717) is 17.0 Å². The van der Waals surface area contributed by atoms with Gasteiger partial charge in [-0.25, -0.2) is 9.59 Å². The van der Waals surface area contributed by atoms with Gasteiger partial charge in [0, 0.05) is 0 Å². The number of hydrogen-bond acceptors (Lipinski definition) is 5. The van der Waals surface area contributed by atoms with Gasteiger partial charge in [0.1, 0.15) is 6.54 Å². The average Bonchev–Trinajstić information content (AvgIpc) is 3.31. The first kappa shape index (κ1) is 23.2. The molecule has 2 fully saturated rings. The monoisotopic (exact) mass is 414 g/mol. The fourth-order valence-corrected chi connectivity index (χ4v) is 2.00. The van der Waals surface area contributed by atoms with Crippen molar-refractivity contribution in [3.05, 3.63) is 63.5 Å². The molecule has 0 bridgehead atoms. The van der Waals surface area contributed by atoms with Crippen molar-refractivity contribution in [2.24, 2.45) is 0 Å². The van der Waals surface area contributed by atoms with Crippen LogP contribution in [0.3, 0.4) is 0 Å². The second-order valence-corrected chi connectivity index (χ2v) is 5.14. The maximum atomic E-state index is 12.3. The van der Waals surface area contributed by atoms with Gasteiger partial charge >= 0.3 is 35.1 Å². The van der Waals surface area contributed by atoms with Crippen LogP contribution in [0, 0.1) is 63.5 Å². The van der Waals surface area contributed by atoms with Gasteiger partial charge in [-0.1, -0.05) is 0 Å². The molecule has 27 heavy (non-hydrogen) atoms. The second kappa shape index (κ2) is 11.8. The van der Waals surface area contributed by atoms with Crippen LogP contribution in [-0.2, 0) is 31.4 Å².